The highest BCUT2D eigenvalue weighted by atomic mass is 28.4. The van der Waals surface area contributed by atoms with Crippen molar-refractivity contribution in [2.75, 3.05) is 0 Å². The van der Waals surface area contributed by atoms with Gasteiger partial charge in [-0.2, -0.15) is 0 Å². The van der Waals surface area contributed by atoms with Crippen LogP contribution in [0, 0.1) is 23.2 Å². The van der Waals surface area contributed by atoms with Crippen LogP contribution in [0.4, 0.5) is 0 Å². The molecule has 2 fully saturated rings. The van der Waals surface area contributed by atoms with E-state index in [9.17, 15) is 4.79 Å². The van der Waals surface area contributed by atoms with Gasteiger partial charge in [0.05, 0.1) is 8.07 Å². The van der Waals surface area contributed by atoms with Gasteiger partial charge < -0.3 is 9.22 Å². The topological polar surface area (TPSA) is 26.3 Å². The highest BCUT2D eigenvalue weighted by Gasteiger charge is 2.54. The molecule has 4 heteroatoms. The molecule has 0 radical (unpaired) electrons. The molecule has 0 aromatic carbocycles. The molecule has 2 nitrogen and oxygen atoms in total. The van der Waals surface area contributed by atoms with E-state index < -0.39 is 16.4 Å². The van der Waals surface area contributed by atoms with Crippen molar-refractivity contribution in [1.82, 2.24) is 0 Å². The second-order valence-electron chi connectivity index (χ2n) is 13.7. The Morgan fingerprint density at radius 2 is 1.67 bits per heavy atom. The molecule has 2 aliphatic carbocycles. The summed E-state index contributed by atoms with van der Waals surface area (Å²) in [5, 5.41) is 0.282. The van der Waals surface area contributed by atoms with Crippen LogP contribution in [0.2, 0.25) is 43.3 Å². The Morgan fingerprint density at radius 3 is 2.17 bits per heavy atom. The van der Waals surface area contributed by atoms with Crippen LogP contribution < -0.4 is 0 Å². The number of rotatable bonds is 8. The zero-order valence-electron chi connectivity index (χ0n) is 22.2. The van der Waals surface area contributed by atoms with Gasteiger partial charge >= 0.3 is 0 Å². The Kier molecular flexibility index (Phi) is 8.01. The lowest BCUT2D eigenvalue weighted by atomic mass is 9.61. The van der Waals surface area contributed by atoms with Crippen molar-refractivity contribution in [3.05, 3.63) is 0 Å². The average Bonchev–Trinajstić information content (AvgIpc) is 2.90. The predicted octanol–water partition coefficient (Wildman–Crippen LogP) is 8.31. The van der Waals surface area contributed by atoms with Crippen molar-refractivity contribution < 1.29 is 9.22 Å². The summed E-state index contributed by atoms with van der Waals surface area (Å²) in [5.41, 5.74) is 0.751. The van der Waals surface area contributed by atoms with E-state index in [-0.39, 0.29) is 5.04 Å². The van der Waals surface area contributed by atoms with Crippen molar-refractivity contribution >= 4 is 22.2 Å². The summed E-state index contributed by atoms with van der Waals surface area (Å²) in [6.45, 7) is 25.9. The summed E-state index contributed by atoms with van der Waals surface area (Å²) in [6.07, 6.45) is 9.44. The second-order valence-corrected chi connectivity index (χ2v) is 23.9. The number of Topliss-reactive ketones (excluding diaryl/α,β-unsaturated/α-hetero) is 1. The van der Waals surface area contributed by atoms with Gasteiger partial charge in [-0.15, -0.1) is 0 Å². The van der Waals surface area contributed by atoms with Crippen LogP contribution in [0.5, 0.6) is 0 Å². The quantitative estimate of drug-likeness (QED) is 0.346. The number of hydrogen-bond donors (Lipinski definition) is 0. The Balaban J connectivity index is 2.10. The molecule has 176 valence electrons. The van der Waals surface area contributed by atoms with Crippen LogP contribution in [0.3, 0.4) is 0 Å². The minimum Gasteiger partial charge on any atom is -0.414 e. The normalized spacial score (nSPS) is 32.6. The smallest absolute Gasteiger partial charge is 0.192 e. The Hall–Kier alpha value is 0.0638. The molecular formula is C26H52O2Si2. The average molecular weight is 453 g/mol. The van der Waals surface area contributed by atoms with E-state index in [4.69, 9.17) is 4.43 Å². The molecule has 0 N–H and O–H groups in total. The van der Waals surface area contributed by atoms with E-state index in [1.807, 2.05) is 6.92 Å². The van der Waals surface area contributed by atoms with Gasteiger partial charge in [-0.3, -0.25) is 0 Å². The van der Waals surface area contributed by atoms with Gasteiger partial charge in [0.1, 0.15) is 5.78 Å². The highest BCUT2D eigenvalue weighted by Crippen LogP contribution is 2.59. The van der Waals surface area contributed by atoms with Crippen LogP contribution >= 0.6 is 0 Å². The minimum atomic E-state index is -1.73. The van der Waals surface area contributed by atoms with Crippen molar-refractivity contribution in [3.8, 4) is 0 Å². The molecule has 6 unspecified atom stereocenters. The molecule has 0 spiro atoms. The maximum absolute atomic E-state index is 12.3. The third-order valence-corrected chi connectivity index (χ3v) is 16.8. The molecule has 2 rings (SSSR count). The molecule has 0 heterocycles. The third kappa shape index (κ3) is 5.51. The van der Waals surface area contributed by atoms with Crippen LogP contribution in [-0.4, -0.2) is 28.3 Å². The molecule has 0 aromatic heterocycles. The summed E-state index contributed by atoms with van der Waals surface area (Å²) in [4.78, 5) is 12.3. The second kappa shape index (κ2) is 9.13. The van der Waals surface area contributed by atoms with Gasteiger partial charge in [0.2, 0.25) is 0 Å². The van der Waals surface area contributed by atoms with E-state index in [1.165, 1.54) is 38.5 Å². The number of ketones is 1. The molecule has 0 bridgehead atoms. The van der Waals surface area contributed by atoms with Gasteiger partial charge in [-0.1, -0.05) is 67.1 Å². The van der Waals surface area contributed by atoms with Crippen molar-refractivity contribution in [1.29, 1.82) is 0 Å². The Labute approximate surface area is 190 Å². The zero-order valence-corrected chi connectivity index (χ0v) is 24.2. The summed E-state index contributed by atoms with van der Waals surface area (Å²) >= 11 is 0. The van der Waals surface area contributed by atoms with Gasteiger partial charge in [-0.25, -0.2) is 0 Å². The van der Waals surface area contributed by atoms with Crippen molar-refractivity contribution in [2.45, 2.75) is 136 Å². The molecule has 2 aliphatic rings. The summed E-state index contributed by atoms with van der Waals surface area (Å²) in [7, 11) is -3.16. The first-order valence-corrected chi connectivity index (χ1v) is 19.2. The van der Waals surface area contributed by atoms with Crippen LogP contribution in [0.1, 0.15) is 86.5 Å². The van der Waals surface area contributed by atoms with Crippen molar-refractivity contribution in [2.24, 2.45) is 23.2 Å². The van der Waals surface area contributed by atoms with Gasteiger partial charge in [-0.05, 0) is 80.3 Å². The summed E-state index contributed by atoms with van der Waals surface area (Å²) < 4.78 is 7.02. The van der Waals surface area contributed by atoms with E-state index >= 15 is 0 Å². The minimum absolute atomic E-state index is 0.282. The third-order valence-electron chi connectivity index (χ3n) is 9.52. The van der Waals surface area contributed by atoms with E-state index in [2.05, 4.69) is 67.4 Å². The fourth-order valence-corrected chi connectivity index (χ4v) is 10.3. The SMILES string of the molecule is CC(=O)C(CCC(C)C1CCC2C(O[Si](C)(C)C(C)(C)C)CCCC12C)[Si](C)(C)C. The fraction of sp³-hybridized carbons (Fsp3) is 0.962. The fourth-order valence-electron chi connectivity index (χ4n) is 6.67. The molecule has 0 aromatic rings. The summed E-state index contributed by atoms with van der Waals surface area (Å²) in [5.74, 6) is 2.66. The largest absolute Gasteiger partial charge is 0.414 e. The van der Waals surface area contributed by atoms with Gasteiger partial charge in [0, 0.05) is 11.6 Å². The number of carbonyl (C=O) groups is 1. The number of fused-ring (bicyclic) bond motifs is 1. The molecule has 6 atom stereocenters. The maximum Gasteiger partial charge on any atom is 0.192 e. The molecule has 0 aliphatic heterocycles. The monoisotopic (exact) mass is 452 g/mol. The molecule has 0 saturated heterocycles. The Morgan fingerprint density at radius 1 is 1.07 bits per heavy atom. The van der Waals surface area contributed by atoms with Gasteiger partial charge in [0.25, 0.3) is 0 Å². The number of carbonyl (C=O) groups excluding carboxylic acids is 1. The summed E-state index contributed by atoms with van der Waals surface area (Å²) in [6, 6.07) is 0. The predicted molar refractivity (Wildman–Crippen MR) is 136 cm³/mol. The number of hydrogen-bond acceptors (Lipinski definition) is 2. The van der Waals surface area contributed by atoms with Gasteiger partial charge in [0.15, 0.2) is 8.32 Å². The van der Waals surface area contributed by atoms with E-state index in [1.54, 1.807) is 0 Å². The zero-order chi connectivity index (χ0) is 23.1. The van der Waals surface area contributed by atoms with Crippen molar-refractivity contribution in [3.63, 3.8) is 0 Å². The first-order valence-electron chi connectivity index (χ1n) is 12.7. The Bertz CT molecular complexity index is 601. The first-order chi connectivity index (χ1) is 13.5. The molecular weight excluding hydrogens is 400 g/mol. The van der Waals surface area contributed by atoms with E-state index in [0.717, 1.165) is 18.3 Å². The molecule has 0 amide bonds. The van der Waals surface area contributed by atoms with Crippen LogP contribution in [-0.2, 0) is 9.22 Å². The molecule has 2 saturated carbocycles. The standard InChI is InChI=1S/C26H52O2Si2/c1-19(14-17-24(20(2)27)29(7,8)9)21-15-16-22-23(13-12-18-26(21,22)6)28-30(10,11)25(3,4)5/h19,21-24H,12-18H2,1-11H3. The lowest BCUT2D eigenvalue weighted by molar-refractivity contribution is -0.117. The van der Waals surface area contributed by atoms with Crippen LogP contribution in [0.15, 0.2) is 0 Å². The maximum atomic E-state index is 12.3. The molecule has 30 heavy (non-hydrogen) atoms. The van der Waals surface area contributed by atoms with Crippen LogP contribution in [0.25, 0.3) is 0 Å². The first kappa shape index (κ1) is 26.3. The highest BCUT2D eigenvalue weighted by molar-refractivity contribution is 6.80. The lowest BCUT2D eigenvalue weighted by Crippen LogP contribution is -2.50. The van der Waals surface area contributed by atoms with E-state index in [0.29, 0.717) is 28.8 Å². The lowest BCUT2D eigenvalue weighted by Gasteiger charge is -2.50.